The van der Waals surface area contributed by atoms with Crippen LogP contribution < -0.4 is 15.6 Å². The van der Waals surface area contributed by atoms with E-state index in [4.69, 9.17) is 4.42 Å². The molecule has 0 radical (unpaired) electrons. The van der Waals surface area contributed by atoms with Gasteiger partial charge in [-0.15, -0.1) is 0 Å². The Kier molecular flexibility index (Phi) is 13.9. The van der Waals surface area contributed by atoms with Crippen molar-refractivity contribution >= 4 is 28.6 Å². The second-order valence-corrected chi connectivity index (χ2v) is 12.1. The van der Waals surface area contributed by atoms with Crippen molar-refractivity contribution in [3.63, 3.8) is 0 Å². The maximum atomic E-state index is 13.0. The van der Waals surface area contributed by atoms with Crippen LogP contribution >= 0.6 is 0 Å². The number of nitrogens with one attached hydrogen (secondary N) is 1. The summed E-state index contributed by atoms with van der Waals surface area (Å²) in [4.78, 5) is 32.5. The summed E-state index contributed by atoms with van der Waals surface area (Å²) in [5.41, 5.74) is 4.79. The Labute approximate surface area is 275 Å². The predicted molar refractivity (Wildman–Crippen MR) is 193 cm³/mol. The van der Waals surface area contributed by atoms with E-state index >= 15 is 0 Å². The quantitative estimate of drug-likeness (QED) is 0.0833. The molecule has 46 heavy (non-hydrogen) atoms. The Bertz CT molecular complexity index is 1570. The minimum atomic E-state index is -0.0855. The van der Waals surface area contributed by atoms with Gasteiger partial charge in [0.1, 0.15) is 17.3 Å². The van der Waals surface area contributed by atoms with E-state index in [0.717, 1.165) is 54.8 Å². The Morgan fingerprint density at radius 3 is 2.46 bits per heavy atom. The van der Waals surface area contributed by atoms with E-state index in [-0.39, 0.29) is 17.0 Å². The number of ketones is 1. The Morgan fingerprint density at radius 1 is 1.15 bits per heavy atom. The Morgan fingerprint density at radius 2 is 1.87 bits per heavy atom. The van der Waals surface area contributed by atoms with Crippen LogP contribution in [-0.2, 0) is 4.79 Å². The molecule has 0 atom stereocenters. The van der Waals surface area contributed by atoms with Gasteiger partial charge in [0.25, 0.3) is 0 Å². The molecule has 0 aliphatic heterocycles. The minimum absolute atomic E-state index is 0.0127. The minimum Gasteiger partial charge on any atom is -0.506 e. The molecule has 2 N–H and O–H groups in total. The van der Waals surface area contributed by atoms with Crippen molar-refractivity contribution in [1.82, 2.24) is 0 Å². The summed E-state index contributed by atoms with van der Waals surface area (Å²) in [5, 5.41) is 14.1. The first-order valence-corrected chi connectivity index (χ1v) is 16.9. The molecule has 1 heterocycles. The highest BCUT2D eigenvalue weighted by molar-refractivity contribution is 6.04. The topological polar surface area (TPSA) is 95.1 Å². The van der Waals surface area contributed by atoms with Crippen molar-refractivity contribution in [3.05, 3.63) is 93.2 Å². The monoisotopic (exact) mass is 627 g/mol. The van der Waals surface area contributed by atoms with Gasteiger partial charge in [0, 0.05) is 42.4 Å². The summed E-state index contributed by atoms with van der Waals surface area (Å²) in [6, 6.07) is 6.84. The first kappa shape index (κ1) is 36.3. The summed E-state index contributed by atoms with van der Waals surface area (Å²) in [5.74, 6) is 2.17. The molecule has 1 aromatic heterocycles. The van der Waals surface area contributed by atoms with Gasteiger partial charge in [-0.05, 0) is 88.3 Å². The van der Waals surface area contributed by atoms with Crippen LogP contribution in [0, 0.1) is 12.8 Å². The van der Waals surface area contributed by atoms with E-state index in [0.29, 0.717) is 46.6 Å². The number of rotatable bonds is 16. The second kappa shape index (κ2) is 17.5. The summed E-state index contributed by atoms with van der Waals surface area (Å²) in [6.45, 7) is 19.2. The van der Waals surface area contributed by atoms with Crippen LogP contribution in [0.15, 0.2) is 80.2 Å². The normalized spacial score (nSPS) is 14.9. The number of anilines is 2. The number of allylic oxidation sites excluding steroid dienone is 5. The van der Waals surface area contributed by atoms with E-state index in [9.17, 15) is 14.7 Å². The fourth-order valence-corrected chi connectivity index (χ4v) is 6.00. The van der Waals surface area contributed by atoms with Crippen LogP contribution in [0.1, 0.15) is 110 Å². The van der Waals surface area contributed by atoms with Crippen molar-refractivity contribution in [2.24, 2.45) is 10.9 Å². The average Bonchev–Trinajstić information content (AvgIpc) is 3.56. The van der Waals surface area contributed by atoms with Crippen LogP contribution in [0.3, 0.4) is 0 Å². The van der Waals surface area contributed by atoms with Crippen molar-refractivity contribution in [3.8, 4) is 5.75 Å². The lowest BCUT2D eigenvalue weighted by Gasteiger charge is -2.22. The van der Waals surface area contributed by atoms with Crippen LogP contribution in [0.5, 0.6) is 5.75 Å². The summed E-state index contributed by atoms with van der Waals surface area (Å²) < 4.78 is 6.34. The fourth-order valence-electron chi connectivity index (χ4n) is 6.00. The number of carbonyl (C=O) groups is 1. The number of phenolic OH excluding ortho intramolecular Hbond substituents is 1. The number of phenols is 1. The largest absolute Gasteiger partial charge is 0.506 e. The molecule has 1 fully saturated rings. The zero-order valence-corrected chi connectivity index (χ0v) is 29.0. The van der Waals surface area contributed by atoms with E-state index in [1.807, 2.05) is 58.9 Å². The van der Waals surface area contributed by atoms with Gasteiger partial charge in [-0.3, -0.25) is 9.59 Å². The molecule has 1 aliphatic rings. The number of benzene rings is 1. The molecule has 7 heteroatoms. The number of carbonyl (C=O) groups excluding carboxylic acids is 1. The number of hydrogen-bond acceptors (Lipinski definition) is 7. The molecule has 1 aliphatic carbocycles. The Balaban J connectivity index is 1.83. The molecule has 1 saturated carbocycles. The van der Waals surface area contributed by atoms with Crippen LogP contribution in [-0.4, -0.2) is 29.7 Å². The van der Waals surface area contributed by atoms with Gasteiger partial charge in [-0.25, -0.2) is 4.99 Å². The second-order valence-electron chi connectivity index (χ2n) is 12.1. The summed E-state index contributed by atoms with van der Waals surface area (Å²) >= 11 is 0. The van der Waals surface area contributed by atoms with Crippen LogP contribution in [0.4, 0.5) is 11.6 Å². The van der Waals surface area contributed by atoms with Crippen LogP contribution in [0.2, 0.25) is 0 Å². The first-order valence-electron chi connectivity index (χ1n) is 16.9. The number of aliphatic imine (C=N–C) groups is 1. The van der Waals surface area contributed by atoms with Gasteiger partial charge in [0.15, 0.2) is 17.1 Å². The lowest BCUT2D eigenvalue weighted by molar-refractivity contribution is -0.115. The first-order chi connectivity index (χ1) is 22.1. The van der Waals surface area contributed by atoms with Crippen molar-refractivity contribution < 1.29 is 14.3 Å². The molecule has 3 rings (SSSR count). The summed E-state index contributed by atoms with van der Waals surface area (Å²) in [6.07, 6.45) is 14.0. The van der Waals surface area contributed by atoms with Gasteiger partial charge in [0.05, 0.1) is 5.69 Å². The molecule has 1 aromatic carbocycles. The third kappa shape index (κ3) is 9.44. The zero-order valence-electron chi connectivity index (χ0n) is 29.0. The number of hydrogen-bond donors (Lipinski definition) is 2. The van der Waals surface area contributed by atoms with Crippen molar-refractivity contribution in [1.29, 1.82) is 0 Å². The predicted octanol–water partition coefficient (Wildman–Crippen LogP) is 9.51. The zero-order chi connectivity index (χ0) is 33.8. The molecule has 0 unspecified atom stereocenters. The molecule has 7 nitrogen and oxygen atoms in total. The van der Waals surface area contributed by atoms with Gasteiger partial charge < -0.3 is 19.7 Å². The highest BCUT2D eigenvalue weighted by atomic mass is 16.4. The highest BCUT2D eigenvalue weighted by Crippen LogP contribution is 2.34. The lowest BCUT2D eigenvalue weighted by atomic mass is 9.92. The van der Waals surface area contributed by atoms with Gasteiger partial charge in [0.2, 0.25) is 0 Å². The standard InChI is InChI=1S/C39H53N3O4/c1-9-14-21-42(13-5)38-25-36(44)26(6)39(46-38)33(11-3)31-19-20-34(37(45)24-31)41-28(8)40-27(7)30(10-2)23-32(35(43)12-4)22-29-17-15-16-18-29/h10-11,19-20,23-25,29,41,45H,8-9,12-18,21-22H2,1-7H3/b30-10-,32-23+,33-11-,40-27-. The molecule has 0 saturated heterocycles. The van der Waals surface area contributed by atoms with Gasteiger partial charge in [-0.2, -0.15) is 0 Å². The van der Waals surface area contributed by atoms with Crippen molar-refractivity contribution in [2.75, 3.05) is 23.3 Å². The third-order valence-corrected chi connectivity index (χ3v) is 8.79. The van der Waals surface area contributed by atoms with E-state index in [1.165, 1.54) is 25.7 Å². The maximum Gasteiger partial charge on any atom is 0.199 e. The molecule has 0 amide bonds. The van der Waals surface area contributed by atoms with E-state index < -0.39 is 0 Å². The highest BCUT2D eigenvalue weighted by Gasteiger charge is 2.21. The lowest BCUT2D eigenvalue weighted by Crippen LogP contribution is -2.25. The third-order valence-electron chi connectivity index (χ3n) is 8.79. The van der Waals surface area contributed by atoms with Gasteiger partial charge in [-0.1, -0.05) is 70.7 Å². The number of Topliss-reactive ketones (excluding diaryl/α,β-unsaturated/α-hetero) is 1. The van der Waals surface area contributed by atoms with E-state index in [1.54, 1.807) is 25.1 Å². The molecular weight excluding hydrogens is 574 g/mol. The smallest absolute Gasteiger partial charge is 0.199 e. The average molecular weight is 628 g/mol. The summed E-state index contributed by atoms with van der Waals surface area (Å²) in [7, 11) is 0. The van der Waals surface area contributed by atoms with Crippen LogP contribution in [0.25, 0.3) is 5.57 Å². The maximum absolute atomic E-state index is 13.0. The van der Waals surface area contributed by atoms with E-state index in [2.05, 4.69) is 28.7 Å². The Hall–Kier alpha value is -4.13. The number of aromatic hydroxyl groups is 1. The molecular formula is C39H53N3O4. The number of unbranched alkanes of at least 4 members (excludes halogenated alkanes) is 1. The van der Waals surface area contributed by atoms with Gasteiger partial charge >= 0.3 is 0 Å². The van der Waals surface area contributed by atoms with Crippen molar-refractivity contribution in [2.45, 2.75) is 99.8 Å². The number of nitrogens with zero attached hydrogens (tertiary/aromatic N) is 2. The molecule has 0 spiro atoms. The molecule has 0 bridgehead atoms. The molecule has 2 aromatic rings. The fraction of sp³-hybridized carbons (Fsp3) is 0.462. The molecule has 248 valence electrons. The SMILES string of the molecule is C=C(\N=C(C)/C(=C\C)/C=C(\CC1CCCC1)C(=O)CC)Nc1ccc(/C(=C/C)c2oc(N(CC)CCCC)cc(=O)c2C)cc1O.